The van der Waals surface area contributed by atoms with Gasteiger partial charge in [-0.1, -0.05) is 20.8 Å². The molecule has 0 aliphatic heterocycles. The second-order valence-electron chi connectivity index (χ2n) is 5.27. The van der Waals surface area contributed by atoms with E-state index < -0.39 is 11.6 Å². The van der Waals surface area contributed by atoms with Crippen LogP contribution in [0.1, 0.15) is 26.5 Å². The molecule has 2 aromatic rings. The zero-order valence-corrected chi connectivity index (χ0v) is 10.5. The molecule has 18 heavy (non-hydrogen) atoms. The summed E-state index contributed by atoms with van der Waals surface area (Å²) in [5.74, 6) is -1.03. The van der Waals surface area contributed by atoms with E-state index >= 15 is 0 Å². The SMILES string of the molecule is CC(C)(C)c1[nH]nc(N)c1-c1cc(F)cc(F)c1. The van der Waals surface area contributed by atoms with Gasteiger partial charge in [-0.25, -0.2) is 8.78 Å². The Morgan fingerprint density at radius 3 is 2.17 bits per heavy atom. The smallest absolute Gasteiger partial charge is 0.153 e. The quantitative estimate of drug-likeness (QED) is 0.817. The average Bonchev–Trinajstić information content (AvgIpc) is 2.57. The maximum atomic E-state index is 13.3. The van der Waals surface area contributed by atoms with Crippen LogP contribution in [-0.4, -0.2) is 10.2 Å². The molecule has 3 nitrogen and oxygen atoms in total. The number of aromatic amines is 1. The summed E-state index contributed by atoms with van der Waals surface area (Å²) in [6.45, 7) is 5.91. The van der Waals surface area contributed by atoms with Crippen molar-refractivity contribution in [1.82, 2.24) is 10.2 Å². The Bertz CT molecular complexity index is 562. The third kappa shape index (κ3) is 2.20. The van der Waals surface area contributed by atoms with E-state index in [0.29, 0.717) is 11.1 Å². The van der Waals surface area contributed by atoms with Crippen molar-refractivity contribution in [2.45, 2.75) is 26.2 Å². The fourth-order valence-electron chi connectivity index (χ4n) is 1.89. The number of nitrogens with two attached hydrogens (primary N) is 1. The zero-order chi connectivity index (χ0) is 13.5. The number of benzene rings is 1. The predicted octanol–water partition coefficient (Wildman–Crippen LogP) is 3.23. The van der Waals surface area contributed by atoms with Crippen molar-refractivity contribution in [2.24, 2.45) is 0 Å². The molecule has 1 aromatic heterocycles. The molecule has 0 aliphatic carbocycles. The molecular weight excluding hydrogens is 236 g/mol. The van der Waals surface area contributed by atoms with Gasteiger partial charge in [-0.3, -0.25) is 5.10 Å². The summed E-state index contributed by atoms with van der Waals surface area (Å²) < 4.78 is 26.5. The van der Waals surface area contributed by atoms with Crippen molar-refractivity contribution in [2.75, 3.05) is 5.73 Å². The molecule has 3 N–H and O–H groups in total. The first kappa shape index (κ1) is 12.5. The monoisotopic (exact) mass is 251 g/mol. The Balaban J connectivity index is 2.67. The third-order valence-electron chi connectivity index (χ3n) is 2.70. The van der Waals surface area contributed by atoms with Gasteiger partial charge in [0, 0.05) is 17.0 Å². The van der Waals surface area contributed by atoms with Gasteiger partial charge in [0.2, 0.25) is 0 Å². The minimum absolute atomic E-state index is 0.241. The topological polar surface area (TPSA) is 54.7 Å². The van der Waals surface area contributed by atoms with Gasteiger partial charge in [0.15, 0.2) is 5.82 Å². The first-order valence-electron chi connectivity index (χ1n) is 5.60. The van der Waals surface area contributed by atoms with Crippen molar-refractivity contribution in [1.29, 1.82) is 0 Å². The van der Waals surface area contributed by atoms with Gasteiger partial charge in [-0.2, -0.15) is 5.10 Å². The van der Waals surface area contributed by atoms with Crippen LogP contribution in [0.2, 0.25) is 0 Å². The molecule has 96 valence electrons. The van der Waals surface area contributed by atoms with Crippen molar-refractivity contribution in [3.05, 3.63) is 35.5 Å². The Morgan fingerprint density at radius 1 is 1.11 bits per heavy atom. The van der Waals surface area contributed by atoms with Crippen LogP contribution in [0, 0.1) is 11.6 Å². The first-order chi connectivity index (χ1) is 8.29. The highest BCUT2D eigenvalue weighted by Gasteiger charge is 2.24. The number of hydrogen-bond acceptors (Lipinski definition) is 2. The van der Waals surface area contributed by atoms with Crippen LogP contribution in [0.3, 0.4) is 0 Å². The number of rotatable bonds is 1. The lowest BCUT2D eigenvalue weighted by Crippen LogP contribution is -2.13. The zero-order valence-electron chi connectivity index (χ0n) is 10.5. The summed E-state index contributed by atoms with van der Waals surface area (Å²) >= 11 is 0. The van der Waals surface area contributed by atoms with Crippen LogP contribution in [0.4, 0.5) is 14.6 Å². The van der Waals surface area contributed by atoms with E-state index in [1.165, 1.54) is 12.1 Å². The molecular formula is C13H15F2N3. The minimum atomic E-state index is -0.634. The van der Waals surface area contributed by atoms with E-state index in [2.05, 4.69) is 10.2 Å². The molecule has 0 saturated carbocycles. The Hall–Kier alpha value is -1.91. The number of anilines is 1. The van der Waals surface area contributed by atoms with E-state index in [1.807, 2.05) is 20.8 Å². The largest absolute Gasteiger partial charge is 0.382 e. The van der Waals surface area contributed by atoms with Gasteiger partial charge in [-0.15, -0.1) is 0 Å². The van der Waals surface area contributed by atoms with Crippen LogP contribution >= 0.6 is 0 Å². The molecule has 0 spiro atoms. The lowest BCUT2D eigenvalue weighted by molar-refractivity contribution is 0.567. The molecule has 5 heteroatoms. The van der Waals surface area contributed by atoms with Crippen LogP contribution in [0.15, 0.2) is 18.2 Å². The molecule has 1 aromatic carbocycles. The summed E-state index contributed by atoms with van der Waals surface area (Å²) in [5.41, 5.74) is 7.24. The van der Waals surface area contributed by atoms with Gasteiger partial charge in [0.1, 0.15) is 11.6 Å². The molecule has 0 fully saturated rings. The maximum Gasteiger partial charge on any atom is 0.153 e. The minimum Gasteiger partial charge on any atom is -0.382 e. The van der Waals surface area contributed by atoms with Crippen molar-refractivity contribution < 1.29 is 8.78 Å². The van der Waals surface area contributed by atoms with Gasteiger partial charge < -0.3 is 5.73 Å². The summed E-state index contributed by atoms with van der Waals surface area (Å²) in [5, 5.41) is 6.76. The number of nitrogens with one attached hydrogen (secondary N) is 1. The highest BCUT2D eigenvalue weighted by Crippen LogP contribution is 2.35. The van der Waals surface area contributed by atoms with E-state index in [1.54, 1.807) is 0 Å². The maximum absolute atomic E-state index is 13.3. The molecule has 2 rings (SSSR count). The van der Waals surface area contributed by atoms with E-state index in [0.717, 1.165) is 11.8 Å². The Labute approximate surface area is 104 Å². The first-order valence-corrected chi connectivity index (χ1v) is 5.60. The summed E-state index contributed by atoms with van der Waals surface area (Å²) in [7, 11) is 0. The molecule has 0 bridgehead atoms. The summed E-state index contributed by atoms with van der Waals surface area (Å²) in [6.07, 6.45) is 0. The number of halogens is 2. The molecule has 0 unspecified atom stereocenters. The van der Waals surface area contributed by atoms with Crippen molar-refractivity contribution in [3.8, 4) is 11.1 Å². The normalized spacial score (nSPS) is 11.8. The second-order valence-corrected chi connectivity index (χ2v) is 5.27. The number of nitrogens with zero attached hydrogens (tertiary/aromatic N) is 1. The Morgan fingerprint density at radius 2 is 1.67 bits per heavy atom. The van der Waals surface area contributed by atoms with Crippen LogP contribution in [0.5, 0.6) is 0 Å². The van der Waals surface area contributed by atoms with Crippen LogP contribution in [-0.2, 0) is 5.41 Å². The number of H-pyrrole nitrogens is 1. The van der Waals surface area contributed by atoms with Crippen molar-refractivity contribution >= 4 is 5.82 Å². The van der Waals surface area contributed by atoms with Crippen LogP contribution < -0.4 is 5.73 Å². The van der Waals surface area contributed by atoms with Crippen LogP contribution in [0.25, 0.3) is 11.1 Å². The van der Waals surface area contributed by atoms with Crippen molar-refractivity contribution in [3.63, 3.8) is 0 Å². The fourth-order valence-corrected chi connectivity index (χ4v) is 1.89. The highest BCUT2D eigenvalue weighted by molar-refractivity contribution is 5.77. The van der Waals surface area contributed by atoms with Gasteiger partial charge >= 0.3 is 0 Å². The predicted molar refractivity (Wildman–Crippen MR) is 67.1 cm³/mol. The van der Waals surface area contributed by atoms with E-state index in [4.69, 9.17) is 5.73 Å². The van der Waals surface area contributed by atoms with E-state index in [9.17, 15) is 8.78 Å². The lowest BCUT2D eigenvalue weighted by atomic mass is 9.87. The molecule has 0 radical (unpaired) electrons. The molecule has 0 amide bonds. The van der Waals surface area contributed by atoms with Gasteiger partial charge in [0.25, 0.3) is 0 Å². The fraction of sp³-hybridized carbons (Fsp3) is 0.308. The number of aromatic nitrogens is 2. The molecule has 1 heterocycles. The number of nitrogen functional groups attached to an aromatic ring is 1. The molecule has 0 aliphatic rings. The van der Waals surface area contributed by atoms with Gasteiger partial charge in [0.05, 0.1) is 5.69 Å². The summed E-state index contributed by atoms with van der Waals surface area (Å²) in [6, 6.07) is 3.33. The summed E-state index contributed by atoms with van der Waals surface area (Å²) in [4.78, 5) is 0. The molecule has 0 saturated heterocycles. The number of hydrogen-bond donors (Lipinski definition) is 2. The lowest BCUT2D eigenvalue weighted by Gasteiger charge is -2.18. The molecule has 0 atom stereocenters. The van der Waals surface area contributed by atoms with E-state index in [-0.39, 0.29) is 11.2 Å². The average molecular weight is 251 g/mol. The second kappa shape index (κ2) is 4.08. The Kier molecular flexibility index (Phi) is 2.84. The standard InChI is InChI=1S/C13H15F2N3/c1-13(2,3)11-10(12(16)18-17-11)7-4-8(14)6-9(15)5-7/h4-6H,1-3H3,(H3,16,17,18). The third-order valence-corrected chi connectivity index (χ3v) is 2.70. The highest BCUT2D eigenvalue weighted by atomic mass is 19.1. The van der Waals surface area contributed by atoms with Gasteiger partial charge in [-0.05, 0) is 17.7 Å².